The standard InChI is InChI=1S/C9H10N2S/c1-6-8(4-9(10)12-6)7-2-3-11-5-7/h2-5,11H,10H2,1H3. The normalized spacial score (nSPS) is 10.4. The number of aromatic nitrogens is 1. The molecule has 0 radical (unpaired) electrons. The summed E-state index contributed by atoms with van der Waals surface area (Å²) in [7, 11) is 0. The van der Waals surface area contributed by atoms with Crippen LogP contribution in [0, 0.1) is 6.92 Å². The van der Waals surface area contributed by atoms with Gasteiger partial charge in [0, 0.05) is 22.8 Å². The summed E-state index contributed by atoms with van der Waals surface area (Å²) in [4.78, 5) is 4.30. The zero-order valence-corrected chi connectivity index (χ0v) is 7.61. The summed E-state index contributed by atoms with van der Waals surface area (Å²) in [6.07, 6.45) is 3.90. The second-order valence-electron chi connectivity index (χ2n) is 2.72. The predicted octanol–water partition coefficient (Wildman–Crippen LogP) is 2.63. The van der Waals surface area contributed by atoms with Crippen molar-refractivity contribution in [2.24, 2.45) is 0 Å². The van der Waals surface area contributed by atoms with Crippen LogP contribution in [0.5, 0.6) is 0 Å². The highest BCUT2D eigenvalue weighted by Gasteiger charge is 2.04. The highest BCUT2D eigenvalue weighted by molar-refractivity contribution is 7.16. The number of aryl methyl sites for hydroxylation is 1. The van der Waals surface area contributed by atoms with Crippen molar-refractivity contribution in [1.82, 2.24) is 4.98 Å². The summed E-state index contributed by atoms with van der Waals surface area (Å²) in [5.41, 5.74) is 8.14. The van der Waals surface area contributed by atoms with Crippen LogP contribution < -0.4 is 5.73 Å². The number of aromatic amines is 1. The lowest BCUT2D eigenvalue weighted by molar-refractivity contribution is 1.41. The zero-order valence-electron chi connectivity index (χ0n) is 6.79. The molecule has 2 aromatic heterocycles. The van der Waals surface area contributed by atoms with Crippen LogP contribution in [0.15, 0.2) is 24.5 Å². The van der Waals surface area contributed by atoms with Crippen molar-refractivity contribution in [3.8, 4) is 11.1 Å². The molecule has 2 heterocycles. The molecule has 3 N–H and O–H groups in total. The molecule has 2 aromatic rings. The van der Waals surface area contributed by atoms with E-state index < -0.39 is 0 Å². The van der Waals surface area contributed by atoms with Gasteiger partial charge in [0.05, 0.1) is 5.00 Å². The van der Waals surface area contributed by atoms with E-state index in [0.29, 0.717) is 0 Å². The van der Waals surface area contributed by atoms with Crippen LogP contribution in [-0.2, 0) is 0 Å². The molecule has 2 nitrogen and oxygen atoms in total. The van der Waals surface area contributed by atoms with E-state index in [1.54, 1.807) is 11.3 Å². The Morgan fingerprint density at radius 1 is 1.50 bits per heavy atom. The van der Waals surface area contributed by atoms with Crippen molar-refractivity contribution >= 4 is 16.3 Å². The minimum absolute atomic E-state index is 0.878. The molecule has 0 amide bonds. The number of nitrogens with one attached hydrogen (secondary N) is 1. The first-order valence-electron chi connectivity index (χ1n) is 3.76. The van der Waals surface area contributed by atoms with Crippen molar-refractivity contribution in [2.45, 2.75) is 6.92 Å². The quantitative estimate of drug-likeness (QED) is 0.692. The SMILES string of the molecule is Cc1sc(N)cc1-c1cc[nH]c1. The summed E-state index contributed by atoms with van der Waals surface area (Å²) in [5, 5.41) is 0.878. The Labute approximate surface area is 75.0 Å². The number of nitrogens with two attached hydrogens (primary N) is 1. The first-order chi connectivity index (χ1) is 5.77. The molecule has 0 bridgehead atoms. The fourth-order valence-electron chi connectivity index (χ4n) is 1.28. The Morgan fingerprint density at radius 3 is 2.83 bits per heavy atom. The molecule has 0 aliphatic rings. The van der Waals surface area contributed by atoms with Gasteiger partial charge in [0.2, 0.25) is 0 Å². The van der Waals surface area contributed by atoms with Crippen LogP contribution in [0.3, 0.4) is 0 Å². The number of nitrogen functional groups attached to an aromatic ring is 1. The van der Waals surface area contributed by atoms with Gasteiger partial charge in [-0.15, -0.1) is 11.3 Å². The number of H-pyrrole nitrogens is 1. The molecule has 0 fully saturated rings. The molecular formula is C9H10N2S. The largest absolute Gasteiger partial charge is 0.391 e. The molecular weight excluding hydrogens is 168 g/mol. The van der Waals surface area contributed by atoms with E-state index in [1.165, 1.54) is 16.0 Å². The van der Waals surface area contributed by atoms with Gasteiger partial charge in [-0.05, 0) is 24.6 Å². The fraction of sp³-hybridized carbons (Fsp3) is 0.111. The molecule has 0 aromatic carbocycles. The van der Waals surface area contributed by atoms with Crippen LogP contribution in [0.25, 0.3) is 11.1 Å². The molecule has 0 saturated heterocycles. The van der Waals surface area contributed by atoms with E-state index in [2.05, 4.69) is 18.0 Å². The Hall–Kier alpha value is -1.22. The number of hydrogen-bond acceptors (Lipinski definition) is 2. The Balaban J connectivity index is 2.54. The maximum absolute atomic E-state index is 5.69. The van der Waals surface area contributed by atoms with Crippen LogP contribution in [0.2, 0.25) is 0 Å². The van der Waals surface area contributed by atoms with Gasteiger partial charge in [0.1, 0.15) is 0 Å². The second-order valence-corrected chi connectivity index (χ2v) is 4.01. The molecule has 0 saturated carbocycles. The first-order valence-corrected chi connectivity index (χ1v) is 4.58. The topological polar surface area (TPSA) is 41.8 Å². The van der Waals surface area contributed by atoms with Gasteiger partial charge < -0.3 is 10.7 Å². The zero-order chi connectivity index (χ0) is 8.55. The third-order valence-corrected chi connectivity index (χ3v) is 2.73. The average molecular weight is 178 g/mol. The number of rotatable bonds is 1. The van der Waals surface area contributed by atoms with Crippen LogP contribution in [-0.4, -0.2) is 4.98 Å². The third kappa shape index (κ3) is 1.12. The molecule has 0 aliphatic heterocycles. The van der Waals surface area contributed by atoms with Crippen molar-refractivity contribution < 1.29 is 0 Å². The van der Waals surface area contributed by atoms with E-state index in [9.17, 15) is 0 Å². The molecule has 12 heavy (non-hydrogen) atoms. The monoisotopic (exact) mass is 178 g/mol. The maximum Gasteiger partial charge on any atom is 0.0865 e. The second kappa shape index (κ2) is 2.68. The lowest BCUT2D eigenvalue weighted by Crippen LogP contribution is -1.74. The highest BCUT2D eigenvalue weighted by atomic mass is 32.1. The van der Waals surface area contributed by atoms with Gasteiger partial charge in [-0.2, -0.15) is 0 Å². The van der Waals surface area contributed by atoms with Gasteiger partial charge in [-0.25, -0.2) is 0 Å². The average Bonchev–Trinajstić information content (AvgIpc) is 2.58. The molecule has 0 unspecified atom stereocenters. The van der Waals surface area contributed by atoms with Gasteiger partial charge in [-0.1, -0.05) is 0 Å². The molecule has 0 aliphatic carbocycles. The van der Waals surface area contributed by atoms with Gasteiger partial charge >= 0.3 is 0 Å². The van der Waals surface area contributed by atoms with Crippen molar-refractivity contribution in [3.63, 3.8) is 0 Å². The summed E-state index contributed by atoms with van der Waals surface area (Å²) in [5.74, 6) is 0. The number of hydrogen-bond donors (Lipinski definition) is 2. The van der Waals surface area contributed by atoms with Crippen molar-refractivity contribution in [2.75, 3.05) is 5.73 Å². The van der Waals surface area contributed by atoms with Crippen LogP contribution >= 0.6 is 11.3 Å². The van der Waals surface area contributed by atoms with E-state index in [0.717, 1.165) is 5.00 Å². The lowest BCUT2D eigenvalue weighted by Gasteiger charge is -1.92. The number of anilines is 1. The smallest absolute Gasteiger partial charge is 0.0865 e. The summed E-state index contributed by atoms with van der Waals surface area (Å²) in [6.45, 7) is 2.09. The van der Waals surface area contributed by atoms with Crippen molar-refractivity contribution in [1.29, 1.82) is 0 Å². The van der Waals surface area contributed by atoms with Crippen molar-refractivity contribution in [3.05, 3.63) is 29.4 Å². The minimum Gasteiger partial charge on any atom is -0.391 e. The maximum atomic E-state index is 5.69. The lowest BCUT2D eigenvalue weighted by atomic mass is 10.1. The Morgan fingerprint density at radius 2 is 2.33 bits per heavy atom. The Kier molecular flexibility index (Phi) is 1.66. The van der Waals surface area contributed by atoms with E-state index in [-0.39, 0.29) is 0 Å². The molecule has 0 atom stereocenters. The van der Waals surface area contributed by atoms with Crippen LogP contribution in [0.1, 0.15) is 4.88 Å². The Bertz CT molecular complexity index is 373. The predicted molar refractivity (Wildman–Crippen MR) is 53.3 cm³/mol. The van der Waals surface area contributed by atoms with Gasteiger partial charge in [-0.3, -0.25) is 0 Å². The number of thiophene rings is 1. The van der Waals surface area contributed by atoms with Crippen LogP contribution in [0.4, 0.5) is 5.00 Å². The van der Waals surface area contributed by atoms with Gasteiger partial charge in [0.15, 0.2) is 0 Å². The molecule has 3 heteroatoms. The minimum atomic E-state index is 0.878. The summed E-state index contributed by atoms with van der Waals surface area (Å²) in [6, 6.07) is 4.07. The first kappa shape index (κ1) is 7.43. The van der Waals surface area contributed by atoms with Gasteiger partial charge in [0.25, 0.3) is 0 Å². The van der Waals surface area contributed by atoms with E-state index in [1.807, 2.05) is 18.5 Å². The molecule has 62 valence electrons. The summed E-state index contributed by atoms with van der Waals surface area (Å²) < 4.78 is 0. The fourth-order valence-corrected chi connectivity index (χ4v) is 2.10. The third-order valence-electron chi connectivity index (χ3n) is 1.85. The highest BCUT2D eigenvalue weighted by Crippen LogP contribution is 2.31. The van der Waals surface area contributed by atoms with E-state index >= 15 is 0 Å². The molecule has 2 rings (SSSR count). The molecule has 0 spiro atoms. The summed E-state index contributed by atoms with van der Waals surface area (Å²) >= 11 is 1.63. The van der Waals surface area contributed by atoms with E-state index in [4.69, 9.17) is 5.73 Å².